The number of para-hydroxylation sites is 2. The predicted molar refractivity (Wildman–Crippen MR) is 196 cm³/mol. The number of benzene rings is 4. The minimum absolute atomic E-state index is 0.00984. The summed E-state index contributed by atoms with van der Waals surface area (Å²) >= 11 is 0. The van der Waals surface area contributed by atoms with Gasteiger partial charge in [-0.05, 0) is 57.3 Å². The van der Waals surface area contributed by atoms with E-state index < -0.39 is 7.92 Å². The number of hydrogen-bond donors (Lipinski definition) is 0. The van der Waals surface area contributed by atoms with Gasteiger partial charge in [0, 0.05) is 30.0 Å². The molecule has 0 radical (unpaired) electrons. The van der Waals surface area contributed by atoms with Crippen molar-refractivity contribution in [3.8, 4) is 11.1 Å². The van der Waals surface area contributed by atoms with Gasteiger partial charge in [-0.2, -0.15) is 0 Å². The van der Waals surface area contributed by atoms with Crippen molar-refractivity contribution in [3.05, 3.63) is 132 Å². The third-order valence-electron chi connectivity index (χ3n) is 9.05. The quantitative estimate of drug-likeness (QED) is 0.175. The van der Waals surface area contributed by atoms with Crippen LogP contribution in [0.3, 0.4) is 0 Å². The first-order chi connectivity index (χ1) is 21.0. The molecule has 6 rings (SSSR count). The van der Waals surface area contributed by atoms with Gasteiger partial charge in [0.1, 0.15) is 0 Å². The van der Waals surface area contributed by atoms with Gasteiger partial charge in [0.05, 0.1) is 21.9 Å². The number of nitrogens with zero attached hydrogens (tertiary/aromatic N) is 2. The fourth-order valence-corrected chi connectivity index (χ4v) is 9.12. The molecule has 0 spiro atoms. The van der Waals surface area contributed by atoms with E-state index in [-0.39, 0.29) is 16.0 Å². The first kappa shape index (κ1) is 30.6. The van der Waals surface area contributed by atoms with Gasteiger partial charge < -0.3 is 0 Å². The molecule has 1 unspecified atom stereocenters. The van der Waals surface area contributed by atoms with Crippen molar-refractivity contribution in [1.82, 2.24) is 9.97 Å². The van der Waals surface area contributed by atoms with E-state index in [2.05, 4.69) is 172 Å². The van der Waals surface area contributed by atoms with Crippen LogP contribution in [0.5, 0.6) is 0 Å². The Bertz CT molecular complexity index is 1840. The molecule has 2 nitrogen and oxygen atoms in total. The highest BCUT2D eigenvalue weighted by Gasteiger charge is 2.49. The Kier molecular flexibility index (Phi) is 8.21. The summed E-state index contributed by atoms with van der Waals surface area (Å²) in [5.74, 6) is 0. The van der Waals surface area contributed by atoms with Gasteiger partial charge in [-0.15, -0.1) is 9.24 Å². The molecule has 1 atom stereocenters. The molecule has 0 fully saturated rings. The van der Waals surface area contributed by atoms with Gasteiger partial charge in [0.15, 0.2) is 0 Å². The van der Waals surface area contributed by atoms with Crippen LogP contribution in [-0.2, 0) is 11.3 Å². The number of hydrogen-bond acceptors (Lipinski definition) is 2. The predicted octanol–water partition coefficient (Wildman–Crippen LogP) is 10.2. The van der Waals surface area contributed by atoms with E-state index in [4.69, 9.17) is 9.97 Å². The molecule has 0 saturated carbocycles. The second-order valence-electron chi connectivity index (χ2n) is 13.9. The van der Waals surface area contributed by atoms with Crippen LogP contribution < -0.4 is 10.9 Å². The van der Waals surface area contributed by atoms with E-state index in [0.717, 1.165) is 38.8 Å². The summed E-state index contributed by atoms with van der Waals surface area (Å²) in [7, 11) is 2.41. The van der Waals surface area contributed by atoms with Crippen LogP contribution in [0, 0.1) is 10.8 Å². The fourth-order valence-electron chi connectivity index (χ4n) is 6.71. The summed E-state index contributed by atoms with van der Waals surface area (Å²) in [4.78, 5) is 10.6. The van der Waals surface area contributed by atoms with Crippen LogP contribution in [0.4, 0.5) is 0 Å². The summed E-state index contributed by atoms with van der Waals surface area (Å²) in [6.07, 6.45) is 0.852. The highest BCUT2D eigenvalue weighted by Crippen LogP contribution is 2.59. The zero-order valence-corrected chi connectivity index (χ0v) is 28.7. The zero-order valence-electron chi connectivity index (χ0n) is 26.7. The summed E-state index contributed by atoms with van der Waals surface area (Å²) in [6, 6.07) is 43.6. The van der Waals surface area contributed by atoms with Crippen molar-refractivity contribution >= 4 is 49.8 Å². The lowest BCUT2D eigenvalue weighted by molar-refractivity contribution is 0.139. The SMILES string of the molecule is CC(C)(C)C(P)(c1ccc(-c2ccccc2)cc1CP(c1ccc2ccccc2n1)c1ccc2ccccc2n1)C(C)(C)C. The van der Waals surface area contributed by atoms with Crippen molar-refractivity contribution < 1.29 is 0 Å². The summed E-state index contributed by atoms with van der Waals surface area (Å²) in [6.45, 7) is 14.2. The molecule has 2 aromatic heterocycles. The van der Waals surface area contributed by atoms with E-state index in [0.29, 0.717) is 0 Å². The smallest absolute Gasteiger partial charge is 0.0709 e. The molecular weight excluding hydrogens is 570 g/mol. The van der Waals surface area contributed by atoms with Gasteiger partial charge in [-0.1, -0.05) is 139 Å². The fraction of sp³-hybridized carbons (Fsp3) is 0.250. The lowest BCUT2D eigenvalue weighted by atomic mass is 9.61. The molecule has 0 amide bonds. The lowest BCUT2D eigenvalue weighted by Crippen LogP contribution is -2.45. The normalized spacial score (nSPS) is 12.7. The molecule has 0 N–H and O–H groups in total. The number of aromatic nitrogens is 2. The maximum Gasteiger partial charge on any atom is 0.0709 e. The lowest BCUT2D eigenvalue weighted by Gasteiger charge is -2.52. The number of pyridine rings is 2. The second kappa shape index (κ2) is 11.8. The number of fused-ring (bicyclic) bond motifs is 2. The van der Waals surface area contributed by atoms with E-state index in [1.165, 1.54) is 22.3 Å². The van der Waals surface area contributed by atoms with Crippen molar-refractivity contribution in [2.75, 3.05) is 0 Å². The number of rotatable bonds is 6. The summed E-state index contributed by atoms with van der Waals surface area (Å²) in [5.41, 5.74) is 9.48. The maximum atomic E-state index is 5.28. The van der Waals surface area contributed by atoms with Crippen LogP contribution in [0.1, 0.15) is 52.7 Å². The molecule has 6 aromatic rings. The molecule has 0 aliphatic rings. The minimum atomic E-state index is -0.921. The van der Waals surface area contributed by atoms with Gasteiger partial charge in [-0.3, -0.25) is 0 Å². The molecule has 2 heterocycles. The van der Waals surface area contributed by atoms with Gasteiger partial charge in [0.25, 0.3) is 0 Å². The molecule has 44 heavy (non-hydrogen) atoms. The largest absolute Gasteiger partial charge is 0.248 e. The van der Waals surface area contributed by atoms with Gasteiger partial charge >= 0.3 is 0 Å². The van der Waals surface area contributed by atoms with Gasteiger partial charge in [0.2, 0.25) is 0 Å². The molecular formula is C40H42N2P2. The molecule has 222 valence electrons. The van der Waals surface area contributed by atoms with E-state index >= 15 is 0 Å². The van der Waals surface area contributed by atoms with E-state index in [9.17, 15) is 0 Å². The molecule has 0 bridgehead atoms. The summed E-state index contributed by atoms with van der Waals surface area (Å²) < 4.78 is 0. The molecule has 0 aliphatic carbocycles. The van der Waals surface area contributed by atoms with Crippen LogP contribution in [-0.4, -0.2) is 9.97 Å². The average Bonchev–Trinajstić information content (AvgIpc) is 3.02. The topological polar surface area (TPSA) is 25.8 Å². The molecule has 0 aliphatic heterocycles. The van der Waals surface area contributed by atoms with Crippen molar-refractivity contribution in [2.24, 2.45) is 10.8 Å². The Hall–Kier alpha value is -3.44. The monoisotopic (exact) mass is 612 g/mol. The first-order valence-corrected chi connectivity index (χ1v) is 17.5. The molecule has 4 heteroatoms. The minimum Gasteiger partial charge on any atom is -0.248 e. The third kappa shape index (κ3) is 5.72. The maximum absolute atomic E-state index is 5.28. The van der Waals surface area contributed by atoms with Crippen molar-refractivity contribution in [2.45, 2.75) is 52.9 Å². The standard InChI is InChI=1S/C40H42N2P2/c1-38(2,3)40(43,39(4,5)6)33-23-20-31(28-14-8-7-9-15-28)26-32(33)27-44(36-24-21-29-16-10-12-18-34(29)41-36)37-25-22-30-17-11-13-19-35(30)42-37/h7-26H,27,43H2,1-6H3. The Morgan fingerprint density at radius 2 is 1.05 bits per heavy atom. The van der Waals surface area contributed by atoms with Crippen LogP contribution in [0.15, 0.2) is 121 Å². The summed E-state index contributed by atoms with van der Waals surface area (Å²) in [5, 5.41) is 2.14. The van der Waals surface area contributed by atoms with Crippen LogP contribution in [0.2, 0.25) is 0 Å². The molecule has 4 aromatic carbocycles. The third-order valence-corrected chi connectivity index (χ3v) is 13.4. The second-order valence-corrected chi connectivity index (χ2v) is 16.8. The van der Waals surface area contributed by atoms with Crippen molar-refractivity contribution in [3.63, 3.8) is 0 Å². The highest BCUT2D eigenvalue weighted by molar-refractivity contribution is 7.71. The Morgan fingerprint density at radius 3 is 1.57 bits per heavy atom. The molecule has 0 saturated heterocycles. The van der Waals surface area contributed by atoms with Crippen molar-refractivity contribution in [1.29, 1.82) is 0 Å². The Labute approximate surface area is 266 Å². The van der Waals surface area contributed by atoms with Crippen LogP contribution >= 0.6 is 17.2 Å². The Balaban J connectivity index is 1.59. The Morgan fingerprint density at radius 1 is 0.545 bits per heavy atom. The average molecular weight is 613 g/mol. The zero-order chi connectivity index (χ0) is 31.1. The highest BCUT2D eigenvalue weighted by atomic mass is 31.1. The van der Waals surface area contributed by atoms with E-state index in [1.807, 2.05) is 0 Å². The van der Waals surface area contributed by atoms with Crippen LogP contribution in [0.25, 0.3) is 32.9 Å². The van der Waals surface area contributed by atoms with Gasteiger partial charge in [-0.25, -0.2) is 9.97 Å². The van der Waals surface area contributed by atoms with E-state index in [1.54, 1.807) is 0 Å². The first-order valence-electron chi connectivity index (χ1n) is 15.4.